The molecule has 2 fully saturated rings. The number of aryl methyl sites for hydroxylation is 2. The van der Waals surface area contributed by atoms with Gasteiger partial charge < -0.3 is 0 Å². The Labute approximate surface area is 118 Å². The van der Waals surface area contributed by atoms with Crippen LogP contribution in [-0.2, 0) is 6.54 Å². The third kappa shape index (κ3) is 2.74. The summed E-state index contributed by atoms with van der Waals surface area (Å²) in [5, 5.41) is 1.20. The van der Waals surface area contributed by atoms with Crippen LogP contribution in [0, 0.1) is 13.8 Å². The van der Waals surface area contributed by atoms with E-state index in [-0.39, 0.29) is 0 Å². The first kappa shape index (κ1) is 12.9. The van der Waals surface area contributed by atoms with Crippen LogP contribution in [0.1, 0.15) is 15.6 Å². The van der Waals surface area contributed by atoms with Gasteiger partial charge >= 0.3 is 0 Å². The third-order valence-corrected chi connectivity index (χ3v) is 5.87. The lowest BCUT2D eigenvalue weighted by molar-refractivity contribution is 0.0348. The van der Waals surface area contributed by atoms with Crippen LogP contribution in [0.5, 0.6) is 0 Å². The average molecular weight is 283 g/mol. The van der Waals surface area contributed by atoms with Crippen LogP contribution in [0.4, 0.5) is 0 Å². The average Bonchev–Trinajstić information content (AvgIpc) is 2.63. The van der Waals surface area contributed by atoms with E-state index < -0.39 is 0 Å². The van der Waals surface area contributed by atoms with E-state index in [0.29, 0.717) is 0 Å². The van der Waals surface area contributed by atoms with Gasteiger partial charge in [-0.15, -0.1) is 11.3 Å². The number of aromatic nitrogens is 1. The molecule has 0 radical (unpaired) electrons. The number of hydrogen-bond donors (Lipinski definition) is 0. The normalized spacial score (nSPS) is 23.2. The van der Waals surface area contributed by atoms with Crippen molar-refractivity contribution < 1.29 is 0 Å². The fourth-order valence-corrected chi connectivity index (χ4v) is 4.68. The Kier molecular flexibility index (Phi) is 3.94. The fraction of sp³-hybridized carbons (Fsp3) is 0.769. The molecule has 3 nitrogen and oxygen atoms in total. The monoisotopic (exact) mass is 283 g/mol. The van der Waals surface area contributed by atoms with Crippen molar-refractivity contribution in [2.24, 2.45) is 0 Å². The molecule has 5 heteroatoms. The van der Waals surface area contributed by atoms with Gasteiger partial charge in [0.2, 0.25) is 0 Å². The molecule has 0 amide bonds. The molecule has 100 valence electrons. The zero-order valence-corrected chi connectivity index (χ0v) is 12.8. The highest BCUT2D eigenvalue weighted by Gasteiger charge is 2.32. The van der Waals surface area contributed by atoms with Gasteiger partial charge in [-0.25, -0.2) is 4.98 Å². The number of thiazole rings is 1. The zero-order chi connectivity index (χ0) is 12.5. The number of thioether (sulfide) groups is 1. The molecule has 0 spiro atoms. The maximum atomic E-state index is 4.51. The molecule has 0 aliphatic carbocycles. The fourth-order valence-electron chi connectivity index (χ4n) is 2.77. The predicted molar refractivity (Wildman–Crippen MR) is 79.6 cm³/mol. The molecule has 3 heterocycles. The van der Waals surface area contributed by atoms with Crippen molar-refractivity contribution in [1.29, 1.82) is 0 Å². The molecule has 2 aliphatic heterocycles. The van der Waals surface area contributed by atoms with Crippen LogP contribution in [0.25, 0.3) is 0 Å². The van der Waals surface area contributed by atoms with E-state index in [4.69, 9.17) is 0 Å². The topological polar surface area (TPSA) is 19.4 Å². The Morgan fingerprint density at radius 2 is 1.94 bits per heavy atom. The summed E-state index contributed by atoms with van der Waals surface area (Å²) in [4.78, 5) is 11.2. The molecular weight excluding hydrogens is 262 g/mol. The first-order chi connectivity index (χ1) is 8.72. The van der Waals surface area contributed by atoms with Gasteiger partial charge in [0.05, 0.1) is 10.7 Å². The second-order valence-corrected chi connectivity index (χ2v) is 7.75. The Bertz CT molecular complexity index is 406. The Morgan fingerprint density at radius 1 is 1.22 bits per heavy atom. The third-order valence-electron chi connectivity index (χ3n) is 3.87. The number of nitrogens with zero attached hydrogens (tertiary/aromatic N) is 3. The van der Waals surface area contributed by atoms with Crippen molar-refractivity contribution in [3.63, 3.8) is 0 Å². The quantitative estimate of drug-likeness (QED) is 0.844. The second-order valence-electron chi connectivity index (χ2n) is 5.24. The van der Waals surface area contributed by atoms with Crippen LogP contribution in [-0.4, -0.2) is 58.5 Å². The van der Waals surface area contributed by atoms with E-state index >= 15 is 0 Å². The molecule has 0 saturated carbocycles. The predicted octanol–water partition coefficient (Wildman–Crippen LogP) is 1.99. The second kappa shape index (κ2) is 5.49. The van der Waals surface area contributed by atoms with Crippen LogP contribution in [0.3, 0.4) is 0 Å². The van der Waals surface area contributed by atoms with Crippen molar-refractivity contribution in [3.05, 3.63) is 15.6 Å². The van der Waals surface area contributed by atoms with Crippen LogP contribution < -0.4 is 0 Å². The number of hydrogen-bond acceptors (Lipinski definition) is 5. The molecule has 3 rings (SSSR count). The molecule has 0 unspecified atom stereocenters. The standard InChI is InChI=1S/C13H21N3S2/c1-10-13(18-11(2)14-10)9-15-7-12(8-15)16-3-5-17-6-4-16/h12H,3-9H2,1-2H3. The largest absolute Gasteiger partial charge is 0.296 e. The minimum atomic E-state index is 0.820. The van der Waals surface area contributed by atoms with Crippen LogP contribution >= 0.6 is 23.1 Å². The lowest BCUT2D eigenvalue weighted by Crippen LogP contribution is -2.60. The molecule has 18 heavy (non-hydrogen) atoms. The summed E-state index contributed by atoms with van der Waals surface area (Å²) < 4.78 is 0. The van der Waals surface area contributed by atoms with E-state index in [1.165, 1.54) is 53.3 Å². The summed E-state index contributed by atoms with van der Waals surface area (Å²) in [6.07, 6.45) is 0. The van der Waals surface area contributed by atoms with Crippen molar-refractivity contribution in [3.8, 4) is 0 Å². The summed E-state index contributed by atoms with van der Waals surface area (Å²) in [6.45, 7) is 10.4. The van der Waals surface area contributed by atoms with Gasteiger partial charge in [0.1, 0.15) is 0 Å². The van der Waals surface area contributed by atoms with E-state index in [1.54, 1.807) is 0 Å². The summed E-state index contributed by atoms with van der Waals surface area (Å²) >= 11 is 3.96. The highest BCUT2D eigenvalue weighted by molar-refractivity contribution is 7.99. The van der Waals surface area contributed by atoms with Gasteiger partial charge in [-0.3, -0.25) is 9.80 Å². The van der Waals surface area contributed by atoms with Crippen LogP contribution in [0.2, 0.25) is 0 Å². The Morgan fingerprint density at radius 3 is 2.56 bits per heavy atom. The van der Waals surface area contributed by atoms with Crippen LogP contribution in [0.15, 0.2) is 0 Å². The lowest BCUT2D eigenvalue weighted by Gasteiger charge is -2.46. The maximum Gasteiger partial charge on any atom is 0.0900 e. The van der Waals surface area contributed by atoms with Gasteiger partial charge in [0, 0.05) is 55.1 Å². The van der Waals surface area contributed by atoms with Gasteiger partial charge in [-0.1, -0.05) is 0 Å². The molecule has 0 aromatic carbocycles. The van der Waals surface area contributed by atoms with Gasteiger partial charge in [0.15, 0.2) is 0 Å². The highest BCUT2D eigenvalue weighted by Crippen LogP contribution is 2.24. The molecule has 0 bridgehead atoms. The van der Waals surface area contributed by atoms with E-state index in [2.05, 4.69) is 40.4 Å². The first-order valence-electron chi connectivity index (χ1n) is 6.69. The van der Waals surface area contributed by atoms with Crippen molar-refractivity contribution in [2.75, 3.05) is 37.7 Å². The summed E-state index contributed by atoms with van der Waals surface area (Å²) in [5.74, 6) is 2.65. The van der Waals surface area contributed by atoms with E-state index in [0.717, 1.165) is 12.6 Å². The first-order valence-corrected chi connectivity index (χ1v) is 8.66. The number of likely N-dealkylation sites (tertiary alicyclic amines) is 1. The lowest BCUT2D eigenvalue weighted by atomic mass is 10.1. The molecule has 0 atom stereocenters. The Balaban J connectivity index is 1.48. The zero-order valence-electron chi connectivity index (χ0n) is 11.2. The van der Waals surface area contributed by atoms with E-state index in [9.17, 15) is 0 Å². The van der Waals surface area contributed by atoms with Gasteiger partial charge in [-0.05, 0) is 13.8 Å². The number of rotatable bonds is 3. The van der Waals surface area contributed by atoms with Crippen molar-refractivity contribution >= 4 is 23.1 Å². The molecule has 2 aliphatic rings. The minimum Gasteiger partial charge on any atom is -0.296 e. The van der Waals surface area contributed by atoms with Gasteiger partial charge in [-0.2, -0.15) is 11.8 Å². The summed E-state index contributed by atoms with van der Waals surface area (Å²) in [7, 11) is 0. The maximum absolute atomic E-state index is 4.51. The molecule has 2 saturated heterocycles. The molecular formula is C13H21N3S2. The highest BCUT2D eigenvalue weighted by atomic mass is 32.2. The van der Waals surface area contributed by atoms with Crippen molar-refractivity contribution in [2.45, 2.75) is 26.4 Å². The summed E-state index contributed by atoms with van der Waals surface area (Å²) in [5.41, 5.74) is 1.23. The smallest absolute Gasteiger partial charge is 0.0900 e. The summed E-state index contributed by atoms with van der Waals surface area (Å²) in [6, 6.07) is 0.820. The molecule has 0 N–H and O–H groups in total. The minimum absolute atomic E-state index is 0.820. The SMILES string of the molecule is Cc1nc(C)c(CN2CC(N3CCSCC3)C2)s1. The molecule has 1 aromatic rings. The van der Waals surface area contributed by atoms with E-state index in [1.807, 2.05) is 11.3 Å². The Hall–Kier alpha value is -0.100. The van der Waals surface area contributed by atoms with Gasteiger partial charge in [0.25, 0.3) is 0 Å². The molecule has 1 aromatic heterocycles. The van der Waals surface area contributed by atoms with Crippen molar-refractivity contribution in [1.82, 2.24) is 14.8 Å².